The van der Waals surface area contributed by atoms with Gasteiger partial charge in [0.15, 0.2) is 6.10 Å². The number of carbonyl (C=O) groups is 2. The molecular weight excluding hydrogens is 286 g/mol. The standard InChI is InChI=1S/C10H13N5O4S/c1-5-10(9(18)19,2-3-14-4-11-12-13-14)20-8-6(16)7(17)15(5)8/h4-6,8,16H,2-3H2,1H3,(H,18,19)/t5?,6-,8+,10?/m0/s1. The van der Waals surface area contributed by atoms with Gasteiger partial charge in [-0.25, -0.2) is 4.68 Å². The number of tetrazole rings is 1. The van der Waals surface area contributed by atoms with Gasteiger partial charge in [0.05, 0.1) is 6.04 Å². The number of carboxylic acids is 1. The number of aliphatic hydroxyl groups excluding tert-OH is 1. The average molecular weight is 299 g/mol. The van der Waals surface area contributed by atoms with Gasteiger partial charge in [-0.3, -0.25) is 9.59 Å². The van der Waals surface area contributed by atoms with Crippen molar-refractivity contribution >= 4 is 23.6 Å². The lowest BCUT2D eigenvalue weighted by Gasteiger charge is -2.41. The van der Waals surface area contributed by atoms with E-state index in [4.69, 9.17) is 0 Å². The van der Waals surface area contributed by atoms with Crippen molar-refractivity contribution in [3.63, 3.8) is 0 Å². The fourth-order valence-corrected chi connectivity index (χ4v) is 4.41. The lowest BCUT2D eigenvalue weighted by atomic mass is 9.92. The van der Waals surface area contributed by atoms with E-state index in [2.05, 4.69) is 15.5 Å². The highest BCUT2D eigenvalue weighted by atomic mass is 32.2. The van der Waals surface area contributed by atoms with Crippen LogP contribution in [0.2, 0.25) is 0 Å². The zero-order valence-electron chi connectivity index (χ0n) is 10.6. The molecule has 2 aliphatic heterocycles. The van der Waals surface area contributed by atoms with E-state index in [-0.39, 0.29) is 6.42 Å². The van der Waals surface area contributed by atoms with Crippen LogP contribution in [0.3, 0.4) is 0 Å². The lowest BCUT2D eigenvalue weighted by molar-refractivity contribution is -0.162. The maximum absolute atomic E-state index is 11.7. The Hall–Kier alpha value is -1.68. The largest absolute Gasteiger partial charge is 0.480 e. The van der Waals surface area contributed by atoms with Gasteiger partial charge < -0.3 is 15.1 Å². The minimum absolute atomic E-state index is 0.270. The van der Waals surface area contributed by atoms with Crippen LogP contribution in [0.15, 0.2) is 6.33 Å². The van der Waals surface area contributed by atoms with Crippen LogP contribution in [0.25, 0.3) is 0 Å². The average Bonchev–Trinajstić information content (AvgIpc) is 3.01. The normalized spacial score (nSPS) is 35.8. The SMILES string of the molecule is CC1N2C(=O)[C@H](O)[C@H]2SC1(CCn1cnnn1)C(=O)O. The van der Waals surface area contributed by atoms with Gasteiger partial charge in [0, 0.05) is 6.54 Å². The van der Waals surface area contributed by atoms with Crippen LogP contribution in [0.4, 0.5) is 0 Å². The van der Waals surface area contributed by atoms with E-state index in [0.717, 1.165) is 11.8 Å². The summed E-state index contributed by atoms with van der Waals surface area (Å²) in [6.07, 6.45) is 0.581. The Balaban J connectivity index is 1.82. The molecule has 3 rings (SSSR count). The third kappa shape index (κ3) is 1.64. The van der Waals surface area contributed by atoms with Crippen molar-refractivity contribution in [1.82, 2.24) is 25.1 Å². The van der Waals surface area contributed by atoms with Gasteiger partial charge in [0.2, 0.25) is 0 Å². The van der Waals surface area contributed by atoms with Crippen molar-refractivity contribution in [2.24, 2.45) is 0 Å². The molecule has 0 bridgehead atoms. The predicted octanol–water partition coefficient (Wildman–Crippen LogP) is -1.45. The highest BCUT2D eigenvalue weighted by Gasteiger charge is 2.65. The molecule has 1 aromatic heterocycles. The molecule has 9 nitrogen and oxygen atoms in total. The third-order valence-corrected chi connectivity index (χ3v) is 5.81. The van der Waals surface area contributed by atoms with Gasteiger partial charge in [-0.05, 0) is 23.8 Å². The number of aryl methyl sites for hydroxylation is 1. The smallest absolute Gasteiger partial charge is 0.322 e. The van der Waals surface area contributed by atoms with Crippen LogP contribution < -0.4 is 0 Å². The van der Waals surface area contributed by atoms with Crippen molar-refractivity contribution in [2.75, 3.05) is 0 Å². The second-order valence-corrected chi connectivity index (χ2v) is 6.34. The molecule has 0 saturated carbocycles. The molecule has 0 aliphatic carbocycles. The molecule has 2 saturated heterocycles. The first-order chi connectivity index (χ1) is 9.47. The molecule has 0 radical (unpaired) electrons. The van der Waals surface area contributed by atoms with Crippen LogP contribution in [0, 0.1) is 0 Å². The van der Waals surface area contributed by atoms with E-state index in [1.54, 1.807) is 6.92 Å². The summed E-state index contributed by atoms with van der Waals surface area (Å²) in [5.41, 5.74) is 0. The van der Waals surface area contributed by atoms with Crippen molar-refractivity contribution in [1.29, 1.82) is 0 Å². The van der Waals surface area contributed by atoms with E-state index >= 15 is 0 Å². The van der Waals surface area contributed by atoms with Crippen molar-refractivity contribution in [2.45, 2.75) is 42.2 Å². The quantitative estimate of drug-likeness (QED) is 0.648. The molecule has 2 N–H and O–H groups in total. The first kappa shape index (κ1) is 13.3. The minimum atomic E-state index is -1.15. The van der Waals surface area contributed by atoms with Gasteiger partial charge in [-0.15, -0.1) is 16.9 Å². The summed E-state index contributed by atoms with van der Waals surface area (Å²) < 4.78 is 0.301. The Morgan fingerprint density at radius 1 is 1.60 bits per heavy atom. The number of fused-ring (bicyclic) bond motifs is 1. The van der Waals surface area contributed by atoms with Crippen molar-refractivity contribution in [3.8, 4) is 0 Å². The Morgan fingerprint density at radius 3 is 2.90 bits per heavy atom. The molecule has 1 aromatic rings. The fourth-order valence-electron chi connectivity index (χ4n) is 2.71. The number of aliphatic carboxylic acids is 1. The van der Waals surface area contributed by atoms with Gasteiger partial charge >= 0.3 is 5.97 Å². The Bertz CT molecular complexity index is 552. The van der Waals surface area contributed by atoms with Crippen molar-refractivity contribution < 1.29 is 19.8 Å². The highest BCUT2D eigenvalue weighted by Crippen LogP contribution is 2.52. The molecule has 0 spiro atoms. The summed E-state index contributed by atoms with van der Waals surface area (Å²) in [7, 11) is 0. The maximum atomic E-state index is 11.7. The molecule has 2 aliphatic rings. The topological polar surface area (TPSA) is 121 Å². The van der Waals surface area contributed by atoms with Crippen LogP contribution in [0.1, 0.15) is 13.3 Å². The third-order valence-electron chi connectivity index (χ3n) is 3.94. The molecule has 1 amide bonds. The maximum Gasteiger partial charge on any atom is 0.322 e. The number of aliphatic hydroxyl groups is 1. The van der Waals surface area contributed by atoms with E-state index in [1.165, 1.54) is 15.9 Å². The molecule has 10 heteroatoms. The van der Waals surface area contributed by atoms with Crippen LogP contribution >= 0.6 is 11.8 Å². The molecule has 108 valence electrons. The Morgan fingerprint density at radius 2 is 2.35 bits per heavy atom. The number of hydrogen-bond donors (Lipinski definition) is 2. The number of aromatic nitrogens is 4. The van der Waals surface area contributed by atoms with Crippen LogP contribution in [0.5, 0.6) is 0 Å². The molecule has 4 atom stereocenters. The number of thioether (sulfide) groups is 1. The van der Waals surface area contributed by atoms with Gasteiger partial charge in [0.25, 0.3) is 5.91 Å². The van der Waals surface area contributed by atoms with E-state index in [0.29, 0.717) is 6.54 Å². The second kappa shape index (κ2) is 4.42. The van der Waals surface area contributed by atoms with E-state index in [9.17, 15) is 19.8 Å². The summed E-state index contributed by atoms with van der Waals surface area (Å²) >= 11 is 1.13. The summed E-state index contributed by atoms with van der Waals surface area (Å²) in [5, 5.41) is 29.4. The zero-order valence-corrected chi connectivity index (χ0v) is 11.4. The first-order valence-electron chi connectivity index (χ1n) is 6.09. The first-order valence-corrected chi connectivity index (χ1v) is 6.97. The monoisotopic (exact) mass is 299 g/mol. The molecule has 20 heavy (non-hydrogen) atoms. The van der Waals surface area contributed by atoms with E-state index < -0.39 is 34.1 Å². The summed E-state index contributed by atoms with van der Waals surface area (Å²) in [6, 6.07) is -0.484. The second-order valence-electron chi connectivity index (χ2n) is 4.89. The minimum Gasteiger partial charge on any atom is -0.480 e. The van der Waals surface area contributed by atoms with Gasteiger partial charge in [0.1, 0.15) is 16.4 Å². The van der Waals surface area contributed by atoms with E-state index in [1.807, 2.05) is 0 Å². The number of rotatable bonds is 4. The predicted molar refractivity (Wildman–Crippen MR) is 66.5 cm³/mol. The number of carbonyl (C=O) groups excluding carboxylic acids is 1. The summed E-state index contributed by atoms with van der Waals surface area (Å²) in [4.78, 5) is 24.8. The number of amides is 1. The number of hydrogen-bond acceptors (Lipinski definition) is 7. The van der Waals surface area contributed by atoms with Crippen LogP contribution in [-0.2, 0) is 16.1 Å². The summed E-state index contributed by atoms with van der Waals surface area (Å²) in [6.45, 7) is 2.03. The molecular formula is C10H13N5O4S. The summed E-state index contributed by atoms with van der Waals surface area (Å²) in [5.74, 6) is -1.39. The van der Waals surface area contributed by atoms with Crippen LogP contribution in [-0.4, -0.2) is 69.5 Å². The van der Waals surface area contributed by atoms with Gasteiger partial charge in [-0.2, -0.15) is 0 Å². The van der Waals surface area contributed by atoms with Gasteiger partial charge in [-0.1, -0.05) is 0 Å². The Labute approximate surface area is 117 Å². The Kier molecular flexibility index (Phi) is 2.94. The fraction of sp³-hybridized carbons (Fsp3) is 0.700. The number of nitrogens with zero attached hydrogens (tertiary/aromatic N) is 5. The number of β-lactam (4-membered cyclic amide) rings is 1. The lowest BCUT2D eigenvalue weighted by Crippen LogP contribution is -2.63. The van der Waals surface area contributed by atoms with Crippen molar-refractivity contribution in [3.05, 3.63) is 6.33 Å². The zero-order chi connectivity index (χ0) is 14.5. The molecule has 2 fully saturated rings. The molecule has 2 unspecified atom stereocenters. The highest BCUT2D eigenvalue weighted by molar-refractivity contribution is 8.02. The molecule has 3 heterocycles. The number of carboxylic acid groups (broad SMARTS) is 1. The molecule has 0 aromatic carbocycles.